The number of anilines is 1. The molecule has 1 fully saturated rings. The maximum Gasteiger partial charge on any atom is 0.339 e. The normalized spacial score (nSPS) is 15.6. The minimum atomic E-state index is -3.22. The van der Waals surface area contributed by atoms with Crippen LogP contribution in [0.2, 0.25) is 0 Å². The lowest BCUT2D eigenvalue weighted by molar-refractivity contribution is -0.121. The molecular formula is C48H47Br2Cl3N11O6P. The number of nitrogens with zero attached hydrogens (tertiary/aromatic N) is 9. The Kier molecular flexibility index (Phi) is 22.3. The number of amides is 1. The third-order valence-corrected chi connectivity index (χ3v) is 10.6. The first kappa shape index (κ1) is 57.5. The van der Waals surface area contributed by atoms with Crippen molar-refractivity contribution in [1.29, 1.82) is 0 Å². The fourth-order valence-corrected chi connectivity index (χ4v) is 7.43. The van der Waals surface area contributed by atoms with Gasteiger partial charge in [-0.2, -0.15) is 0 Å². The fraction of sp³-hybridized carbons (Fsp3) is 0.271. The summed E-state index contributed by atoms with van der Waals surface area (Å²) in [6, 6.07) is 16.3. The number of carbonyl (C=O) groups is 2. The average molecular weight is 1170 g/mol. The highest BCUT2D eigenvalue weighted by Crippen LogP contribution is 2.61. The lowest BCUT2D eigenvalue weighted by Gasteiger charge is -2.04. The number of hydrogen-bond acceptors (Lipinski definition) is 14. The topological polar surface area (TPSA) is 233 Å². The Balaban J connectivity index is 0.000000200. The highest BCUT2D eigenvalue weighted by Gasteiger charge is 2.23. The van der Waals surface area contributed by atoms with Crippen LogP contribution >= 0.6 is 70.8 Å². The van der Waals surface area contributed by atoms with Gasteiger partial charge in [-0.3, -0.25) is 32.9 Å². The van der Waals surface area contributed by atoms with Crippen molar-refractivity contribution < 1.29 is 18.9 Å². The summed E-state index contributed by atoms with van der Waals surface area (Å²) in [6.45, 7) is 8.95. The van der Waals surface area contributed by atoms with Crippen LogP contribution < -0.4 is 26.9 Å². The summed E-state index contributed by atoms with van der Waals surface area (Å²) in [7, 11) is 0. The van der Waals surface area contributed by atoms with Crippen molar-refractivity contribution in [2.24, 2.45) is 17.8 Å². The molecule has 370 valence electrons. The van der Waals surface area contributed by atoms with Crippen LogP contribution in [0.4, 0.5) is 5.69 Å². The quantitative estimate of drug-likeness (QED) is 0.0934. The van der Waals surface area contributed by atoms with E-state index in [1.807, 2.05) is 42.5 Å². The van der Waals surface area contributed by atoms with E-state index < -0.39 is 5.20 Å². The zero-order valence-corrected chi connectivity index (χ0v) is 43.9. The van der Waals surface area contributed by atoms with Crippen molar-refractivity contribution in [2.75, 3.05) is 12.3 Å². The average Bonchev–Trinajstić information content (AvgIpc) is 4.03. The Bertz CT molecular complexity index is 3250. The van der Waals surface area contributed by atoms with Crippen LogP contribution in [0.25, 0.3) is 22.1 Å². The van der Waals surface area contributed by atoms with E-state index in [1.54, 1.807) is 46.1 Å². The summed E-state index contributed by atoms with van der Waals surface area (Å²) >= 11 is 20.3. The van der Waals surface area contributed by atoms with E-state index in [0.717, 1.165) is 65.1 Å². The molecule has 0 bridgehead atoms. The molecule has 0 saturated carbocycles. The van der Waals surface area contributed by atoms with Crippen molar-refractivity contribution in [3.63, 3.8) is 0 Å². The SMILES string of the molecule is C.C#Cc1ccccn1.CC1CNC(=O)C1.CC1Cc2nc3cc(Br)cnc3c(=O)n2C1.CC1Cc2nc3cc(C#Cc4ccccn4)cnc3c(=O)n2C1.Nc1cc(Br)cnc1OC=O.O=P(Cl)(Cl)Cl. The van der Waals surface area contributed by atoms with Crippen molar-refractivity contribution in [3.05, 3.63) is 144 Å². The van der Waals surface area contributed by atoms with Crippen molar-refractivity contribution in [2.45, 2.75) is 60.5 Å². The second-order valence-corrected chi connectivity index (χ2v) is 24.2. The summed E-state index contributed by atoms with van der Waals surface area (Å²) in [6.07, 6.45) is 15.6. The zero-order valence-electron chi connectivity index (χ0n) is 37.6. The molecule has 0 radical (unpaired) electrons. The van der Waals surface area contributed by atoms with Crippen LogP contribution in [0.15, 0.2) is 104 Å². The van der Waals surface area contributed by atoms with E-state index in [1.165, 1.54) is 6.20 Å². The highest BCUT2D eigenvalue weighted by molar-refractivity contribution is 9.10. The Hall–Kier alpha value is -6.05. The van der Waals surface area contributed by atoms with Crippen LogP contribution in [0, 0.1) is 41.9 Å². The second-order valence-electron chi connectivity index (χ2n) is 15.7. The van der Waals surface area contributed by atoms with Gasteiger partial charge in [0.15, 0.2) is 11.0 Å². The monoisotopic (exact) mass is 1170 g/mol. The van der Waals surface area contributed by atoms with E-state index in [9.17, 15) is 23.7 Å². The van der Waals surface area contributed by atoms with Gasteiger partial charge in [0, 0.05) is 84.4 Å². The van der Waals surface area contributed by atoms with E-state index in [-0.39, 0.29) is 36.8 Å². The Morgan fingerprint density at radius 3 is 1.73 bits per heavy atom. The molecule has 0 aliphatic carbocycles. The van der Waals surface area contributed by atoms with Crippen LogP contribution in [0.3, 0.4) is 0 Å². The van der Waals surface area contributed by atoms with Gasteiger partial charge in [0.2, 0.25) is 11.8 Å². The van der Waals surface area contributed by atoms with Crippen LogP contribution in [-0.2, 0) is 40.1 Å². The number of nitrogens with two attached hydrogens (primary N) is 1. The maximum absolute atomic E-state index is 12.5. The summed E-state index contributed by atoms with van der Waals surface area (Å²) in [5.41, 5.74) is 9.96. The highest BCUT2D eigenvalue weighted by atomic mass is 79.9. The van der Waals surface area contributed by atoms with Crippen molar-refractivity contribution >= 4 is 111 Å². The molecule has 3 aliphatic rings. The molecule has 3 unspecified atom stereocenters. The molecule has 10 heterocycles. The minimum Gasteiger partial charge on any atom is -0.407 e. The standard InChI is InChI=1S/C18H14N4O.C11H10BrN3O.C7H5N.C6H5BrN2O2.C5H9NO.CH4.Cl3OP/c1-12-8-16-21-15-9-13(5-6-14-4-2-3-7-19-14)10-20-17(15)18(23)22(16)11-12;1-6-2-9-14-8-3-7(12)4-13-10(8)11(16)15(9)5-6;1-2-7-5-3-4-6-8-7;7-4-1-5(8)6(9-2-4)11-3-10;1-4-2-5(7)6-3-4;;1-5(2,3)4/h2-4,7,9-10,12H,8,11H2,1H3;3-4,6H,2,5H2,1H3;1,3-6H;1-3H,8H2;4H,2-3H2,1H3,(H,6,7);1H4;. The van der Waals surface area contributed by atoms with Gasteiger partial charge in [0.05, 0.1) is 16.7 Å². The molecular weight excluding hydrogens is 1120 g/mol. The predicted molar refractivity (Wildman–Crippen MR) is 285 cm³/mol. The largest absolute Gasteiger partial charge is 0.407 e. The predicted octanol–water partition coefficient (Wildman–Crippen LogP) is 9.14. The van der Waals surface area contributed by atoms with Crippen LogP contribution in [0.5, 0.6) is 5.88 Å². The summed E-state index contributed by atoms with van der Waals surface area (Å²) in [5, 5.41) is -0.492. The lowest BCUT2D eigenvalue weighted by atomic mass is 10.1. The van der Waals surface area contributed by atoms with Crippen LogP contribution in [0.1, 0.15) is 63.2 Å². The summed E-state index contributed by atoms with van der Waals surface area (Å²) < 4.78 is 19.0. The van der Waals surface area contributed by atoms with Crippen molar-refractivity contribution in [3.8, 4) is 30.1 Å². The van der Waals surface area contributed by atoms with Crippen molar-refractivity contribution in [1.82, 2.24) is 49.3 Å². The Morgan fingerprint density at radius 1 is 0.761 bits per heavy atom. The van der Waals surface area contributed by atoms with E-state index in [4.69, 9.17) is 12.2 Å². The van der Waals surface area contributed by atoms with Gasteiger partial charge in [-0.05, 0) is 132 Å². The van der Waals surface area contributed by atoms with E-state index in [0.29, 0.717) is 56.9 Å². The molecule has 0 spiro atoms. The smallest absolute Gasteiger partial charge is 0.339 e. The first-order chi connectivity index (χ1) is 33.3. The van der Waals surface area contributed by atoms with Gasteiger partial charge < -0.3 is 15.8 Å². The van der Waals surface area contributed by atoms with Gasteiger partial charge in [0.1, 0.15) is 23.0 Å². The molecule has 71 heavy (non-hydrogen) atoms. The number of hydrogen-bond donors (Lipinski definition) is 2. The second kappa shape index (κ2) is 27.5. The molecule has 3 atom stereocenters. The molecule has 1 amide bonds. The lowest BCUT2D eigenvalue weighted by Crippen LogP contribution is -2.22. The molecule has 17 nitrogen and oxygen atoms in total. The first-order valence-corrected chi connectivity index (χ1v) is 27.0. The molecule has 0 aromatic carbocycles. The number of halogens is 5. The molecule has 23 heteroatoms. The van der Waals surface area contributed by atoms with Gasteiger partial charge >= 0.3 is 5.20 Å². The van der Waals surface area contributed by atoms with Gasteiger partial charge in [0.25, 0.3) is 17.6 Å². The fourth-order valence-electron chi connectivity index (χ4n) is 6.76. The number of ether oxygens (including phenoxy) is 1. The molecule has 1 saturated heterocycles. The molecule has 3 aliphatic heterocycles. The molecule has 7 aromatic rings. The molecule has 7 aromatic heterocycles. The first-order valence-electron chi connectivity index (χ1n) is 21.0. The summed E-state index contributed by atoms with van der Waals surface area (Å²) in [4.78, 5) is 74.1. The van der Waals surface area contributed by atoms with Gasteiger partial charge in [-0.1, -0.05) is 52.2 Å². The van der Waals surface area contributed by atoms with Gasteiger partial charge in [-0.25, -0.2) is 34.9 Å². The third-order valence-electron chi connectivity index (χ3n) is 9.77. The number of fused-ring (bicyclic) bond motifs is 4. The Labute approximate surface area is 440 Å². The van der Waals surface area contributed by atoms with Crippen LogP contribution in [-0.4, -0.2) is 62.9 Å². The number of terminal acetylenes is 1. The number of carbonyl (C=O) groups excluding carboxylic acids is 2. The van der Waals surface area contributed by atoms with E-state index in [2.05, 4.69) is 149 Å². The number of nitrogen functional groups attached to an aromatic ring is 1. The zero-order chi connectivity index (χ0) is 51.0. The molecule has 10 rings (SSSR count). The number of nitrogens with one attached hydrogen (secondary N) is 1. The summed E-state index contributed by atoms with van der Waals surface area (Å²) in [5.74, 6) is 12.0. The third kappa shape index (κ3) is 18.3. The molecule has 3 N–H and O–H groups in total. The van der Waals surface area contributed by atoms with E-state index >= 15 is 0 Å². The maximum atomic E-state index is 12.5. The Morgan fingerprint density at radius 2 is 1.28 bits per heavy atom. The minimum absolute atomic E-state index is 0. The number of rotatable bonds is 2. The number of aromatic nitrogens is 9. The van der Waals surface area contributed by atoms with Gasteiger partial charge in [-0.15, -0.1) is 6.42 Å². The number of pyridine rings is 5.